The molecule has 2 heterocycles. The van der Waals surface area contributed by atoms with Crippen molar-refractivity contribution in [3.8, 4) is 11.1 Å². The summed E-state index contributed by atoms with van der Waals surface area (Å²) < 4.78 is 19.7. The number of nitrogens with zero attached hydrogens (tertiary/aromatic N) is 3. The zero-order valence-corrected chi connectivity index (χ0v) is 17.9. The van der Waals surface area contributed by atoms with Gasteiger partial charge in [0.25, 0.3) is 0 Å². The Kier molecular flexibility index (Phi) is 5.50. The molecule has 0 unspecified atom stereocenters. The van der Waals surface area contributed by atoms with E-state index in [0.717, 1.165) is 5.69 Å². The van der Waals surface area contributed by atoms with E-state index < -0.39 is 5.60 Å². The van der Waals surface area contributed by atoms with Gasteiger partial charge in [0.15, 0.2) is 0 Å². The summed E-state index contributed by atoms with van der Waals surface area (Å²) >= 11 is 0. The Morgan fingerprint density at radius 3 is 2.39 bits per heavy atom. The molecule has 168 valence electrons. The predicted octanol–water partition coefficient (Wildman–Crippen LogP) is 4.81. The Hall–Kier alpha value is -3.81. The fourth-order valence-electron chi connectivity index (χ4n) is 4.54. The van der Waals surface area contributed by atoms with E-state index in [4.69, 9.17) is 4.74 Å². The van der Waals surface area contributed by atoms with Crippen LogP contribution in [0.5, 0.6) is 0 Å². The number of benzene rings is 2. The van der Waals surface area contributed by atoms with Crippen molar-refractivity contribution in [1.29, 1.82) is 0 Å². The summed E-state index contributed by atoms with van der Waals surface area (Å²) in [5.74, 6) is -0.543. The van der Waals surface area contributed by atoms with Crippen LogP contribution < -0.4 is 10.2 Å². The van der Waals surface area contributed by atoms with E-state index in [-0.39, 0.29) is 29.7 Å². The predicted molar refractivity (Wildman–Crippen MR) is 121 cm³/mol. The number of ether oxygens (including phenoxy) is 1. The van der Waals surface area contributed by atoms with Gasteiger partial charge in [-0.2, -0.15) is 0 Å². The van der Waals surface area contributed by atoms with E-state index in [1.807, 2.05) is 30.3 Å². The highest BCUT2D eigenvalue weighted by Crippen LogP contribution is 2.41. The van der Waals surface area contributed by atoms with E-state index in [1.165, 1.54) is 18.5 Å². The molecule has 1 spiro atoms. The highest BCUT2D eigenvalue weighted by atomic mass is 19.1. The van der Waals surface area contributed by atoms with Gasteiger partial charge in [0.1, 0.15) is 11.4 Å². The summed E-state index contributed by atoms with van der Waals surface area (Å²) in [7, 11) is 0. The highest BCUT2D eigenvalue weighted by Gasteiger charge is 2.48. The van der Waals surface area contributed by atoms with Gasteiger partial charge in [-0.05, 0) is 43.9 Å². The molecular formula is C25H23FN4O3. The van der Waals surface area contributed by atoms with Crippen molar-refractivity contribution < 1.29 is 18.7 Å². The van der Waals surface area contributed by atoms with Crippen molar-refractivity contribution in [2.75, 3.05) is 16.8 Å². The van der Waals surface area contributed by atoms with E-state index in [9.17, 15) is 14.0 Å². The minimum atomic E-state index is -0.554. The number of halogens is 1. The van der Waals surface area contributed by atoms with Crippen LogP contribution in [-0.4, -0.2) is 34.1 Å². The molecule has 2 amide bonds. The number of carbonyl (C=O) groups is 2. The van der Waals surface area contributed by atoms with Gasteiger partial charge in [-0.15, -0.1) is 0 Å². The number of rotatable bonds is 4. The van der Waals surface area contributed by atoms with Crippen molar-refractivity contribution in [1.82, 2.24) is 9.97 Å². The molecule has 2 aromatic carbocycles. The van der Waals surface area contributed by atoms with E-state index in [2.05, 4.69) is 15.3 Å². The third-order valence-corrected chi connectivity index (χ3v) is 6.38. The molecule has 1 aliphatic carbocycles. The summed E-state index contributed by atoms with van der Waals surface area (Å²) in [4.78, 5) is 35.2. The van der Waals surface area contributed by atoms with Gasteiger partial charge >= 0.3 is 6.09 Å². The Morgan fingerprint density at radius 1 is 1.03 bits per heavy atom. The number of hydrogen-bond donors (Lipinski definition) is 1. The molecule has 0 bridgehead atoms. The lowest BCUT2D eigenvalue weighted by Crippen LogP contribution is -2.41. The Labute approximate surface area is 190 Å². The second kappa shape index (κ2) is 8.61. The first-order valence-corrected chi connectivity index (χ1v) is 11.0. The lowest BCUT2D eigenvalue weighted by Gasteiger charge is -2.34. The molecule has 1 saturated heterocycles. The molecule has 3 aromatic rings. The van der Waals surface area contributed by atoms with E-state index in [1.54, 1.807) is 23.1 Å². The number of para-hydroxylation sites is 1. The Bertz CT molecular complexity index is 1160. The van der Waals surface area contributed by atoms with Crippen LogP contribution in [-0.2, 0) is 9.53 Å². The van der Waals surface area contributed by atoms with Crippen molar-refractivity contribution in [3.63, 3.8) is 0 Å². The summed E-state index contributed by atoms with van der Waals surface area (Å²) in [5.41, 5.74) is 1.21. The summed E-state index contributed by atoms with van der Waals surface area (Å²) in [5, 5.41) is 2.75. The quantitative estimate of drug-likeness (QED) is 0.622. The zero-order chi connectivity index (χ0) is 22.8. The first-order valence-electron chi connectivity index (χ1n) is 11.0. The van der Waals surface area contributed by atoms with Crippen LogP contribution in [0.1, 0.15) is 25.7 Å². The molecule has 1 saturated carbocycles. The summed E-state index contributed by atoms with van der Waals surface area (Å²) in [6, 6.07) is 15.8. The molecule has 5 rings (SSSR count). The molecule has 0 atom stereocenters. The lowest BCUT2D eigenvalue weighted by atomic mass is 9.78. The number of nitrogens with one attached hydrogen (secondary N) is 1. The SMILES string of the molecule is O=C1O[C@]2(CC[C@H](C(=O)Nc3ncc(-c4ccccc4F)cn3)CC2)CN1c1ccccc1. The van der Waals surface area contributed by atoms with Crippen molar-refractivity contribution in [2.45, 2.75) is 31.3 Å². The number of amides is 2. The van der Waals surface area contributed by atoms with E-state index in [0.29, 0.717) is 43.4 Å². The average molecular weight is 446 g/mol. The van der Waals surface area contributed by atoms with Crippen LogP contribution in [0.3, 0.4) is 0 Å². The highest BCUT2D eigenvalue weighted by molar-refractivity contribution is 5.92. The van der Waals surface area contributed by atoms with Gasteiger partial charge in [-0.25, -0.2) is 19.2 Å². The van der Waals surface area contributed by atoms with Gasteiger partial charge < -0.3 is 4.74 Å². The van der Waals surface area contributed by atoms with Crippen LogP contribution in [0.15, 0.2) is 67.0 Å². The minimum Gasteiger partial charge on any atom is -0.441 e. The second-order valence-corrected chi connectivity index (χ2v) is 8.51. The number of anilines is 2. The Balaban J connectivity index is 1.18. The monoisotopic (exact) mass is 446 g/mol. The maximum absolute atomic E-state index is 13.9. The third kappa shape index (κ3) is 4.28. The fourth-order valence-corrected chi connectivity index (χ4v) is 4.54. The normalized spacial score (nSPS) is 22.3. The van der Waals surface area contributed by atoms with Crippen molar-refractivity contribution in [2.24, 2.45) is 5.92 Å². The third-order valence-electron chi connectivity index (χ3n) is 6.38. The van der Waals surface area contributed by atoms with Crippen LogP contribution in [0.2, 0.25) is 0 Å². The van der Waals surface area contributed by atoms with Crippen LogP contribution in [0, 0.1) is 11.7 Å². The van der Waals surface area contributed by atoms with Crippen molar-refractivity contribution >= 4 is 23.6 Å². The van der Waals surface area contributed by atoms with Crippen LogP contribution >= 0.6 is 0 Å². The van der Waals surface area contributed by atoms with Crippen LogP contribution in [0.4, 0.5) is 20.8 Å². The first kappa shape index (κ1) is 21.1. The van der Waals surface area contributed by atoms with Gasteiger partial charge in [0, 0.05) is 35.1 Å². The molecule has 1 aliphatic heterocycles. The molecule has 33 heavy (non-hydrogen) atoms. The summed E-state index contributed by atoms with van der Waals surface area (Å²) in [6.45, 7) is 0.491. The van der Waals surface area contributed by atoms with Crippen LogP contribution in [0.25, 0.3) is 11.1 Å². The van der Waals surface area contributed by atoms with Gasteiger partial charge in [0.2, 0.25) is 11.9 Å². The van der Waals surface area contributed by atoms with Crippen molar-refractivity contribution in [3.05, 3.63) is 72.8 Å². The molecular weight excluding hydrogens is 423 g/mol. The lowest BCUT2D eigenvalue weighted by molar-refractivity contribution is -0.122. The molecule has 7 nitrogen and oxygen atoms in total. The number of aromatic nitrogens is 2. The Morgan fingerprint density at radius 2 is 1.70 bits per heavy atom. The van der Waals surface area contributed by atoms with Gasteiger partial charge in [-0.1, -0.05) is 36.4 Å². The maximum atomic E-state index is 13.9. The number of hydrogen-bond acceptors (Lipinski definition) is 5. The smallest absolute Gasteiger partial charge is 0.415 e. The molecule has 8 heteroatoms. The van der Waals surface area contributed by atoms with E-state index >= 15 is 0 Å². The topological polar surface area (TPSA) is 84.4 Å². The number of carbonyl (C=O) groups excluding carboxylic acids is 2. The largest absolute Gasteiger partial charge is 0.441 e. The standard InChI is InChI=1S/C25H23FN4O3/c26-21-9-5-4-8-20(21)18-14-27-23(28-15-18)29-22(31)17-10-12-25(13-11-17)16-30(24(32)33-25)19-6-2-1-3-7-19/h1-9,14-15,17H,10-13,16H2,(H,27,28,29,31)/t17-,25-. The second-order valence-electron chi connectivity index (χ2n) is 8.51. The minimum absolute atomic E-state index is 0.160. The molecule has 2 fully saturated rings. The fraction of sp³-hybridized carbons (Fsp3) is 0.280. The average Bonchev–Trinajstić information content (AvgIpc) is 3.16. The van der Waals surface area contributed by atoms with Gasteiger partial charge in [0.05, 0.1) is 6.54 Å². The molecule has 1 N–H and O–H groups in total. The zero-order valence-electron chi connectivity index (χ0n) is 17.9. The van der Waals surface area contributed by atoms with Gasteiger partial charge in [-0.3, -0.25) is 15.0 Å². The molecule has 2 aliphatic rings. The first-order chi connectivity index (χ1) is 16.0. The molecule has 1 aromatic heterocycles. The molecule has 0 radical (unpaired) electrons. The maximum Gasteiger partial charge on any atom is 0.415 e. The summed E-state index contributed by atoms with van der Waals surface area (Å²) in [6.07, 6.45) is 5.09.